The predicted octanol–water partition coefficient (Wildman–Crippen LogP) is 1.58. The van der Waals surface area contributed by atoms with Crippen LogP contribution in [0, 0.1) is 29.4 Å². The van der Waals surface area contributed by atoms with Crippen molar-refractivity contribution in [1.82, 2.24) is 25.1 Å². The molecule has 16 heteroatoms. The highest BCUT2D eigenvalue weighted by atomic mass is 35.5. The Bertz CT molecular complexity index is 1340. The number of anilines is 2. The lowest BCUT2D eigenvalue weighted by molar-refractivity contribution is -0.389. The predicted molar refractivity (Wildman–Crippen MR) is 133 cm³/mol. The average molecular weight is 521 g/mol. The van der Waals surface area contributed by atoms with E-state index in [-0.39, 0.29) is 48.3 Å². The van der Waals surface area contributed by atoms with E-state index in [0.29, 0.717) is 22.5 Å². The Balaban J connectivity index is 0.00000456. The molecule has 3 amide bonds. The Labute approximate surface area is 210 Å². The molecule has 0 bridgehead atoms. The molecule has 0 saturated heterocycles. The van der Waals surface area contributed by atoms with Gasteiger partial charge in [-0.15, -0.1) is 12.4 Å². The Morgan fingerprint density at radius 2 is 1.61 bits per heavy atom. The van der Waals surface area contributed by atoms with Gasteiger partial charge in [0, 0.05) is 36.5 Å². The fourth-order valence-corrected chi connectivity index (χ4v) is 3.25. The molecule has 0 atom stereocenters. The molecule has 0 spiro atoms. The van der Waals surface area contributed by atoms with Gasteiger partial charge in [-0.05, 0) is 18.8 Å². The number of aromatic amines is 2. The largest absolute Gasteiger partial charge is 0.390 e. The number of rotatable bonds is 9. The van der Waals surface area contributed by atoms with Crippen LogP contribution < -0.4 is 21.7 Å². The molecular formula is C20H25ClN10O5. The van der Waals surface area contributed by atoms with Gasteiger partial charge in [0.15, 0.2) is 5.69 Å². The Hall–Kier alpha value is -4.66. The van der Waals surface area contributed by atoms with Crippen LogP contribution in [0.2, 0.25) is 0 Å². The number of aromatic nitrogens is 4. The molecule has 36 heavy (non-hydrogen) atoms. The molecule has 0 fully saturated rings. The number of nitrogens with two attached hydrogens (primary N) is 1. The molecule has 3 aromatic heterocycles. The van der Waals surface area contributed by atoms with Gasteiger partial charge in [0.25, 0.3) is 17.7 Å². The van der Waals surface area contributed by atoms with Crippen LogP contribution in [0.15, 0.2) is 18.5 Å². The molecule has 3 aromatic rings. The third kappa shape index (κ3) is 5.87. The smallest absolute Gasteiger partial charge is 0.388 e. The number of nitro groups is 1. The van der Waals surface area contributed by atoms with Crippen molar-refractivity contribution in [2.75, 3.05) is 17.2 Å². The first kappa shape index (κ1) is 27.6. The molecule has 8 N–H and O–H groups in total. The van der Waals surface area contributed by atoms with Gasteiger partial charge in [-0.25, -0.2) is 0 Å². The van der Waals surface area contributed by atoms with Crippen molar-refractivity contribution in [3.63, 3.8) is 0 Å². The molecule has 3 rings (SSSR count). The maximum atomic E-state index is 12.8. The first-order chi connectivity index (χ1) is 16.5. The van der Waals surface area contributed by atoms with E-state index in [9.17, 15) is 24.5 Å². The monoisotopic (exact) mass is 520 g/mol. The van der Waals surface area contributed by atoms with Gasteiger partial charge in [-0.2, -0.15) is 4.68 Å². The van der Waals surface area contributed by atoms with E-state index in [1.165, 1.54) is 19.4 Å². The van der Waals surface area contributed by atoms with Crippen molar-refractivity contribution in [2.45, 2.75) is 20.3 Å². The minimum atomic E-state index is -0.703. The highest BCUT2D eigenvalue weighted by Gasteiger charge is 2.23. The molecular weight excluding hydrogens is 496 g/mol. The number of nitrogens with one attached hydrogen (secondary N) is 6. The zero-order chi connectivity index (χ0) is 25.9. The van der Waals surface area contributed by atoms with E-state index in [1.54, 1.807) is 13.8 Å². The van der Waals surface area contributed by atoms with Crippen molar-refractivity contribution in [3.8, 4) is 0 Å². The van der Waals surface area contributed by atoms with Crippen molar-refractivity contribution in [1.29, 1.82) is 5.41 Å². The molecule has 15 nitrogen and oxygen atoms in total. The van der Waals surface area contributed by atoms with Gasteiger partial charge < -0.3 is 41.8 Å². The topological polar surface area (TPSA) is 230 Å². The third-order valence-corrected chi connectivity index (χ3v) is 5.20. The zero-order valence-electron chi connectivity index (χ0n) is 19.5. The lowest BCUT2D eigenvalue weighted by Crippen LogP contribution is -2.28. The van der Waals surface area contributed by atoms with Crippen LogP contribution >= 0.6 is 12.4 Å². The van der Waals surface area contributed by atoms with Crippen LogP contribution in [0.5, 0.6) is 0 Å². The van der Waals surface area contributed by atoms with E-state index >= 15 is 0 Å². The highest BCUT2D eigenvalue weighted by molar-refractivity contribution is 6.08. The summed E-state index contributed by atoms with van der Waals surface area (Å²) in [6.07, 6.45) is 3.12. The maximum absolute atomic E-state index is 12.8. The molecule has 0 unspecified atom stereocenters. The quantitative estimate of drug-likeness (QED) is 0.0951. The van der Waals surface area contributed by atoms with Crippen molar-refractivity contribution >= 4 is 53.2 Å². The molecule has 0 aliphatic rings. The van der Waals surface area contributed by atoms with Crippen LogP contribution in [0.4, 0.5) is 17.2 Å². The lowest BCUT2D eigenvalue weighted by Gasteiger charge is -2.07. The molecule has 0 aromatic carbocycles. The normalized spacial score (nSPS) is 10.3. The van der Waals surface area contributed by atoms with Gasteiger partial charge in [0.05, 0.1) is 35.4 Å². The van der Waals surface area contributed by atoms with E-state index in [1.807, 2.05) is 0 Å². The highest BCUT2D eigenvalue weighted by Crippen LogP contribution is 2.23. The summed E-state index contributed by atoms with van der Waals surface area (Å²) in [7, 11) is 1.40. The second-order valence-corrected chi connectivity index (χ2v) is 7.61. The van der Waals surface area contributed by atoms with Crippen LogP contribution in [-0.4, -0.2) is 54.8 Å². The summed E-state index contributed by atoms with van der Waals surface area (Å²) in [4.78, 5) is 53.4. The summed E-state index contributed by atoms with van der Waals surface area (Å²) in [5.74, 6) is -2.05. The second-order valence-electron chi connectivity index (χ2n) is 7.61. The standard InChI is InChI=1S/C20H24N10O5.ClH/c1-9-12(8-24-16(9)19(32)23-5-4-14(21)22)27-20(33)17-10(2)11(7-25-17)26-18(31)13-6-15(30(34)35)28-29(13)3;/h6-8,24-25H,4-5H2,1-3H3,(H3,21,22)(H,23,32)(H,26,31)(H,27,33);1H. The van der Waals surface area contributed by atoms with Crippen LogP contribution in [0.1, 0.15) is 49.0 Å². The Kier molecular flexibility index (Phi) is 8.56. The SMILES string of the molecule is Cc1c(NC(=O)c2[nH]cc(NC(=O)c3cc([N+](=O)[O-])nn3C)c2C)c[nH]c1C(=O)NCCC(=N)N.Cl. The van der Waals surface area contributed by atoms with Crippen molar-refractivity contribution < 1.29 is 19.3 Å². The average Bonchev–Trinajstić information content (AvgIpc) is 3.46. The molecule has 0 aliphatic heterocycles. The van der Waals surface area contributed by atoms with Gasteiger partial charge in [-0.3, -0.25) is 19.8 Å². The van der Waals surface area contributed by atoms with Crippen LogP contribution in [0.3, 0.4) is 0 Å². The van der Waals surface area contributed by atoms with E-state index in [2.05, 4.69) is 31.0 Å². The molecule has 0 radical (unpaired) electrons. The number of H-pyrrole nitrogens is 2. The minimum Gasteiger partial charge on any atom is -0.388 e. The summed E-state index contributed by atoms with van der Waals surface area (Å²) in [5.41, 5.74) is 7.30. The number of aryl methyl sites for hydroxylation is 1. The van der Waals surface area contributed by atoms with E-state index < -0.39 is 28.5 Å². The van der Waals surface area contributed by atoms with Crippen molar-refractivity contribution in [3.05, 3.63) is 56.8 Å². The van der Waals surface area contributed by atoms with Gasteiger partial charge in [0.1, 0.15) is 11.4 Å². The first-order valence-corrected chi connectivity index (χ1v) is 10.3. The minimum absolute atomic E-state index is 0. The molecule has 3 heterocycles. The van der Waals surface area contributed by atoms with Gasteiger partial charge in [-0.1, -0.05) is 0 Å². The summed E-state index contributed by atoms with van der Waals surface area (Å²) >= 11 is 0. The maximum Gasteiger partial charge on any atom is 0.390 e. The first-order valence-electron chi connectivity index (χ1n) is 10.3. The summed E-state index contributed by atoms with van der Waals surface area (Å²) in [6.45, 7) is 3.48. The third-order valence-electron chi connectivity index (χ3n) is 5.20. The van der Waals surface area contributed by atoms with Gasteiger partial charge in [0.2, 0.25) is 0 Å². The number of nitrogens with zero attached hydrogens (tertiary/aromatic N) is 3. The second kappa shape index (κ2) is 11.2. The van der Waals surface area contributed by atoms with Crippen LogP contribution in [0.25, 0.3) is 0 Å². The Morgan fingerprint density at radius 3 is 2.11 bits per heavy atom. The fourth-order valence-electron chi connectivity index (χ4n) is 3.25. The molecule has 0 saturated carbocycles. The number of amidine groups is 1. The van der Waals surface area contributed by atoms with E-state index in [4.69, 9.17) is 11.1 Å². The number of carbonyl (C=O) groups excluding carboxylic acids is 3. The number of carbonyl (C=O) groups is 3. The Morgan fingerprint density at radius 1 is 1.08 bits per heavy atom. The summed E-state index contributed by atoms with van der Waals surface area (Å²) in [5, 5.41) is 29.7. The number of amides is 3. The van der Waals surface area contributed by atoms with E-state index in [0.717, 1.165) is 10.7 Å². The van der Waals surface area contributed by atoms with Crippen LogP contribution in [-0.2, 0) is 7.05 Å². The zero-order valence-corrected chi connectivity index (χ0v) is 20.3. The van der Waals surface area contributed by atoms with Gasteiger partial charge >= 0.3 is 5.82 Å². The lowest BCUT2D eigenvalue weighted by atomic mass is 10.2. The summed E-state index contributed by atoms with van der Waals surface area (Å²) in [6, 6.07) is 1.05. The summed E-state index contributed by atoms with van der Waals surface area (Å²) < 4.78 is 1.09. The molecule has 0 aliphatic carbocycles. The molecule has 192 valence electrons. The van der Waals surface area contributed by atoms with Crippen molar-refractivity contribution in [2.24, 2.45) is 12.8 Å². The number of hydrogen-bond acceptors (Lipinski definition) is 7. The fraction of sp³-hybridized carbons (Fsp3) is 0.250. The number of halogens is 1. The number of hydrogen-bond donors (Lipinski definition) is 7.